The highest BCUT2D eigenvalue weighted by molar-refractivity contribution is 5.96. The van der Waals surface area contributed by atoms with Crippen LogP contribution in [0.25, 0.3) is 0 Å². The molecule has 1 aliphatic rings. The number of hydrogen-bond acceptors (Lipinski definition) is 7. The van der Waals surface area contributed by atoms with Crippen LogP contribution in [-0.4, -0.2) is 47.2 Å². The second kappa shape index (κ2) is 9.25. The molecule has 0 spiro atoms. The van der Waals surface area contributed by atoms with Gasteiger partial charge in [0.25, 0.3) is 5.56 Å². The molecule has 1 N–H and O–H groups in total. The average Bonchev–Trinajstić information content (AvgIpc) is 3.24. The number of rotatable bonds is 4. The monoisotopic (exact) mass is 442 g/mol. The second-order valence-corrected chi connectivity index (χ2v) is 8.38. The maximum Gasteiger partial charge on any atom is 0.410 e. The highest BCUT2D eigenvalue weighted by atomic mass is 16.6. The van der Waals surface area contributed by atoms with Crippen LogP contribution < -0.4 is 10.3 Å². The number of likely N-dealkylation sites (tertiary alicyclic amines) is 1. The third-order valence-electron chi connectivity index (χ3n) is 4.86. The molecule has 1 amide bonds. The topological polar surface area (TPSA) is 115 Å². The smallest absolute Gasteiger partial charge is 0.410 e. The third-order valence-corrected chi connectivity index (χ3v) is 4.86. The minimum Gasteiger partial charge on any atom is -0.465 e. The highest BCUT2D eigenvalue weighted by Crippen LogP contribution is 2.33. The molecule has 1 atom stereocenters. The highest BCUT2D eigenvalue weighted by Gasteiger charge is 2.35. The molecule has 0 radical (unpaired) electrons. The van der Waals surface area contributed by atoms with E-state index < -0.39 is 41.0 Å². The van der Waals surface area contributed by atoms with Crippen LogP contribution in [0.15, 0.2) is 41.2 Å². The van der Waals surface area contributed by atoms with E-state index in [9.17, 15) is 19.2 Å². The molecule has 1 aliphatic heterocycles. The molecular formula is C23H26N2O7. The Bertz CT molecular complexity index is 1070. The van der Waals surface area contributed by atoms with Crippen LogP contribution in [-0.2, 0) is 9.47 Å². The van der Waals surface area contributed by atoms with Gasteiger partial charge in [0.05, 0.1) is 18.7 Å². The number of aromatic amines is 1. The molecule has 1 aromatic heterocycles. The summed E-state index contributed by atoms with van der Waals surface area (Å²) in [5.41, 5.74) is -1.10. The summed E-state index contributed by atoms with van der Waals surface area (Å²) in [7, 11) is 1.16. The molecule has 1 unspecified atom stereocenters. The molecule has 9 nitrogen and oxygen atoms in total. The van der Waals surface area contributed by atoms with E-state index in [-0.39, 0.29) is 11.1 Å². The van der Waals surface area contributed by atoms with Crippen molar-refractivity contribution in [3.63, 3.8) is 0 Å². The van der Waals surface area contributed by atoms with E-state index in [0.29, 0.717) is 25.1 Å². The maximum atomic E-state index is 12.8. The molecule has 1 fully saturated rings. The van der Waals surface area contributed by atoms with E-state index in [4.69, 9.17) is 14.2 Å². The molecule has 32 heavy (non-hydrogen) atoms. The number of carbonyl (C=O) groups is 3. The van der Waals surface area contributed by atoms with Crippen LogP contribution >= 0.6 is 0 Å². The first-order chi connectivity index (χ1) is 15.1. The fourth-order valence-electron chi connectivity index (χ4n) is 3.46. The largest absolute Gasteiger partial charge is 0.465 e. The predicted octanol–water partition coefficient (Wildman–Crippen LogP) is 3.45. The zero-order chi connectivity index (χ0) is 23.5. The Morgan fingerprint density at radius 3 is 2.41 bits per heavy atom. The van der Waals surface area contributed by atoms with Gasteiger partial charge in [-0.15, -0.1) is 0 Å². The molecule has 2 aromatic rings. The summed E-state index contributed by atoms with van der Waals surface area (Å²) in [6.07, 6.45) is 0.753. The first-order valence-electron chi connectivity index (χ1n) is 10.2. The van der Waals surface area contributed by atoms with Gasteiger partial charge in [0, 0.05) is 12.2 Å². The number of benzene rings is 1. The lowest BCUT2D eigenvalue weighted by molar-refractivity contribution is 0.0221. The van der Waals surface area contributed by atoms with Crippen molar-refractivity contribution in [2.75, 3.05) is 13.7 Å². The van der Waals surface area contributed by atoms with Crippen molar-refractivity contribution in [2.45, 2.75) is 45.3 Å². The molecule has 170 valence electrons. The Balaban J connectivity index is 1.96. The number of ether oxygens (including phenoxy) is 3. The lowest BCUT2D eigenvalue weighted by Gasteiger charge is -2.28. The molecule has 0 saturated carbocycles. The SMILES string of the molecule is COC(=O)c1cc(C2CCCN2C(=O)OC(C)(C)C)[nH]c(=O)c1OC(=O)c1ccccc1. The number of methoxy groups -OCH3 is 1. The molecule has 1 aromatic carbocycles. The van der Waals surface area contributed by atoms with Gasteiger partial charge >= 0.3 is 18.0 Å². The molecular weight excluding hydrogens is 416 g/mol. The average molecular weight is 442 g/mol. The van der Waals surface area contributed by atoms with Crippen LogP contribution in [0.1, 0.15) is 66.1 Å². The van der Waals surface area contributed by atoms with Gasteiger partial charge in [-0.1, -0.05) is 18.2 Å². The van der Waals surface area contributed by atoms with Gasteiger partial charge in [-0.2, -0.15) is 0 Å². The first-order valence-corrected chi connectivity index (χ1v) is 10.2. The van der Waals surface area contributed by atoms with E-state index in [1.54, 1.807) is 39.0 Å². The molecule has 0 aliphatic carbocycles. The molecule has 3 rings (SSSR count). The number of nitrogens with zero attached hydrogens (tertiary/aromatic N) is 1. The number of nitrogens with one attached hydrogen (secondary N) is 1. The lowest BCUT2D eigenvalue weighted by atomic mass is 10.1. The molecule has 9 heteroatoms. The van der Waals surface area contributed by atoms with Gasteiger partial charge in [0.1, 0.15) is 11.2 Å². The van der Waals surface area contributed by atoms with E-state index in [2.05, 4.69) is 4.98 Å². The second-order valence-electron chi connectivity index (χ2n) is 8.38. The van der Waals surface area contributed by atoms with Crippen LogP contribution in [0.3, 0.4) is 0 Å². The van der Waals surface area contributed by atoms with Gasteiger partial charge < -0.3 is 19.2 Å². The van der Waals surface area contributed by atoms with E-state index >= 15 is 0 Å². The van der Waals surface area contributed by atoms with Gasteiger partial charge in [0.15, 0.2) is 0 Å². The Morgan fingerprint density at radius 2 is 1.78 bits per heavy atom. The van der Waals surface area contributed by atoms with Crippen LogP contribution in [0.5, 0.6) is 5.75 Å². The normalized spacial score (nSPS) is 15.9. The fraction of sp³-hybridized carbons (Fsp3) is 0.391. The molecule has 0 bridgehead atoms. The summed E-state index contributed by atoms with van der Waals surface area (Å²) >= 11 is 0. The van der Waals surface area contributed by atoms with Gasteiger partial charge in [-0.25, -0.2) is 14.4 Å². The van der Waals surface area contributed by atoms with Gasteiger partial charge in [-0.3, -0.25) is 9.69 Å². The van der Waals surface area contributed by atoms with Crippen molar-refractivity contribution >= 4 is 18.0 Å². The summed E-state index contributed by atoms with van der Waals surface area (Å²) < 4.78 is 15.5. The Kier molecular flexibility index (Phi) is 6.67. The third kappa shape index (κ3) is 5.16. The van der Waals surface area contributed by atoms with Crippen molar-refractivity contribution in [3.05, 3.63) is 63.6 Å². The summed E-state index contributed by atoms with van der Waals surface area (Å²) in [6.45, 7) is 5.75. The lowest BCUT2D eigenvalue weighted by Crippen LogP contribution is -2.37. The number of aromatic nitrogens is 1. The van der Waals surface area contributed by atoms with Crippen molar-refractivity contribution in [1.82, 2.24) is 9.88 Å². The summed E-state index contributed by atoms with van der Waals surface area (Å²) in [6, 6.07) is 8.97. The van der Waals surface area contributed by atoms with Crippen molar-refractivity contribution < 1.29 is 28.6 Å². The maximum absolute atomic E-state index is 12.8. The zero-order valence-corrected chi connectivity index (χ0v) is 18.5. The standard InChI is InChI=1S/C23H26N2O7/c1-23(2,3)32-22(29)25-12-8-11-17(25)16-13-15(21(28)30-4)18(19(26)24-16)31-20(27)14-9-6-5-7-10-14/h5-7,9-10,13,17H,8,11-12H2,1-4H3,(H,24,26). The first kappa shape index (κ1) is 23.1. The minimum atomic E-state index is -0.838. The summed E-state index contributed by atoms with van der Waals surface area (Å²) in [5, 5.41) is 0. The number of carbonyl (C=O) groups excluding carboxylic acids is 3. The Hall–Kier alpha value is -3.62. The van der Waals surface area contributed by atoms with Crippen LogP contribution in [0.4, 0.5) is 4.79 Å². The van der Waals surface area contributed by atoms with Crippen molar-refractivity contribution in [2.24, 2.45) is 0 Å². The van der Waals surface area contributed by atoms with Crippen LogP contribution in [0.2, 0.25) is 0 Å². The molecule has 2 heterocycles. The minimum absolute atomic E-state index is 0.202. The number of esters is 2. The number of hydrogen-bond donors (Lipinski definition) is 1. The van der Waals surface area contributed by atoms with Gasteiger partial charge in [-0.05, 0) is 51.8 Å². The van der Waals surface area contributed by atoms with Gasteiger partial charge in [0.2, 0.25) is 5.75 Å². The Morgan fingerprint density at radius 1 is 1.09 bits per heavy atom. The van der Waals surface area contributed by atoms with Crippen molar-refractivity contribution in [1.29, 1.82) is 0 Å². The predicted molar refractivity (Wildman–Crippen MR) is 115 cm³/mol. The Labute approximate surface area is 185 Å². The van der Waals surface area contributed by atoms with Crippen molar-refractivity contribution in [3.8, 4) is 5.75 Å². The zero-order valence-electron chi connectivity index (χ0n) is 18.5. The summed E-state index contributed by atoms with van der Waals surface area (Å²) in [4.78, 5) is 54.5. The molecule has 1 saturated heterocycles. The van der Waals surface area contributed by atoms with E-state index in [1.165, 1.54) is 23.1 Å². The van der Waals surface area contributed by atoms with Crippen LogP contribution in [0, 0.1) is 0 Å². The van der Waals surface area contributed by atoms with E-state index in [0.717, 1.165) is 7.11 Å². The number of H-pyrrole nitrogens is 1. The quantitative estimate of drug-likeness (QED) is 0.721. The number of amides is 1. The fourth-order valence-corrected chi connectivity index (χ4v) is 3.46. The summed E-state index contributed by atoms with van der Waals surface area (Å²) in [5.74, 6) is -2.09. The number of pyridine rings is 1. The van der Waals surface area contributed by atoms with E-state index in [1.807, 2.05) is 0 Å².